The van der Waals surface area contributed by atoms with Gasteiger partial charge in [0, 0.05) is 24.4 Å². The molecule has 0 N–H and O–H groups in total. The molecule has 0 saturated carbocycles. The zero-order valence-electron chi connectivity index (χ0n) is 8.22. The zero-order valence-corrected chi connectivity index (χ0v) is 8.22. The van der Waals surface area contributed by atoms with Gasteiger partial charge >= 0.3 is 0 Å². The van der Waals surface area contributed by atoms with Gasteiger partial charge in [-0.2, -0.15) is 0 Å². The first kappa shape index (κ1) is 8.42. The van der Waals surface area contributed by atoms with E-state index in [1.807, 2.05) is 12.3 Å². The number of nitrogens with zero attached hydrogens (tertiary/aromatic N) is 1. The van der Waals surface area contributed by atoms with E-state index in [0.717, 1.165) is 0 Å². The van der Waals surface area contributed by atoms with Gasteiger partial charge in [0.1, 0.15) is 0 Å². The van der Waals surface area contributed by atoms with Crippen molar-refractivity contribution in [2.45, 2.75) is 0 Å². The third-order valence-electron chi connectivity index (χ3n) is 2.65. The number of fused-ring (bicyclic) bond motifs is 1. The van der Waals surface area contributed by atoms with Crippen molar-refractivity contribution in [1.29, 1.82) is 0 Å². The van der Waals surface area contributed by atoms with Crippen LogP contribution in [0.5, 0.6) is 0 Å². The first-order valence-electron chi connectivity index (χ1n) is 5.00. The van der Waals surface area contributed by atoms with Crippen molar-refractivity contribution in [1.82, 2.24) is 4.98 Å². The molecule has 0 fully saturated rings. The lowest BCUT2D eigenvalue weighted by atomic mass is 10.0. The Labute approximate surface area is 89.1 Å². The number of allylic oxidation sites excluding steroid dienone is 1. The summed E-state index contributed by atoms with van der Waals surface area (Å²) in [6.45, 7) is 0. The molecular formula is C14H10N. The van der Waals surface area contributed by atoms with Gasteiger partial charge in [0.05, 0.1) is 0 Å². The molecule has 2 aromatic rings. The summed E-state index contributed by atoms with van der Waals surface area (Å²) in [5.41, 5.74) is 5.03. The maximum atomic E-state index is 4.15. The van der Waals surface area contributed by atoms with Crippen LogP contribution in [0, 0.1) is 6.42 Å². The van der Waals surface area contributed by atoms with Crippen LogP contribution in [-0.2, 0) is 0 Å². The topological polar surface area (TPSA) is 12.9 Å². The maximum absolute atomic E-state index is 4.15. The fraction of sp³-hybridized carbons (Fsp3) is 0. The molecule has 15 heavy (non-hydrogen) atoms. The van der Waals surface area contributed by atoms with E-state index in [-0.39, 0.29) is 0 Å². The molecule has 0 bridgehead atoms. The molecule has 3 rings (SSSR count). The second kappa shape index (κ2) is 3.35. The van der Waals surface area contributed by atoms with Gasteiger partial charge in [-0.15, -0.1) is 0 Å². The van der Waals surface area contributed by atoms with E-state index < -0.39 is 0 Å². The van der Waals surface area contributed by atoms with Gasteiger partial charge < -0.3 is 0 Å². The smallest absolute Gasteiger partial charge is 0.0346 e. The van der Waals surface area contributed by atoms with Crippen molar-refractivity contribution in [3.8, 4) is 0 Å². The predicted octanol–water partition coefficient (Wildman–Crippen LogP) is 3.08. The summed E-state index contributed by atoms with van der Waals surface area (Å²) < 4.78 is 0. The molecule has 1 aromatic heterocycles. The molecular weight excluding hydrogens is 182 g/mol. The van der Waals surface area contributed by atoms with Crippen LogP contribution in [0.3, 0.4) is 0 Å². The minimum absolute atomic E-state index is 1.18. The number of hydrogen-bond donors (Lipinski definition) is 0. The zero-order chi connectivity index (χ0) is 10.1. The Bertz CT molecular complexity index is 512. The monoisotopic (exact) mass is 192 g/mol. The Morgan fingerprint density at radius 2 is 1.87 bits per heavy atom. The van der Waals surface area contributed by atoms with E-state index in [9.17, 15) is 0 Å². The summed E-state index contributed by atoms with van der Waals surface area (Å²) in [7, 11) is 0. The SMILES string of the molecule is [CH]1C=C(c2cccnc2)c2ccccc21. The lowest BCUT2D eigenvalue weighted by Crippen LogP contribution is -1.86. The highest BCUT2D eigenvalue weighted by atomic mass is 14.6. The molecule has 0 amide bonds. The summed E-state index contributed by atoms with van der Waals surface area (Å²) in [6, 6.07) is 12.5. The fourth-order valence-electron chi connectivity index (χ4n) is 1.92. The van der Waals surface area contributed by atoms with E-state index in [1.54, 1.807) is 6.20 Å². The van der Waals surface area contributed by atoms with Crippen LogP contribution in [0.25, 0.3) is 5.57 Å². The quantitative estimate of drug-likeness (QED) is 0.676. The molecule has 1 aliphatic rings. The molecule has 0 aliphatic heterocycles. The Morgan fingerprint density at radius 1 is 0.933 bits per heavy atom. The highest BCUT2D eigenvalue weighted by molar-refractivity contribution is 5.86. The molecule has 0 saturated heterocycles. The highest BCUT2D eigenvalue weighted by Crippen LogP contribution is 2.32. The highest BCUT2D eigenvalue weighted by Gasteiger charge is 2.14. The van der Waals surface area contributed by atoms with Gasteiger partial charge in [-0.1, -0.05) is 36.4 Å². The third-order valence-corrected chi connectivity index (χ3v) is 2.65. The summed E-state index contributed by atoms with van der Waals surface area (Å²) in [4.78, 5) is 4.15. The fourth-order valence-corrected chi connectivity index (χ4v) is 1.92. The van der Waals surface area contributed by atoms with Crippen LogP contribution >= 0.6 is 0 Å². The number of benzene rings is 1. The summed E-state index contributed by atoms with van der Waals surface area (Å²) in [5.74, 6) is 0. The van der Waals surface area contributed by atoms with Crippen molar-refractivity contribution in [2.24, 2.45) is 0 Å². The molecule has 0 atom stereocenters. The van der Waals surface area contributed by atoms with Crippen LogP contribution in [0.4, 0.5) is 0 Å². The second-order valence-electron chi connectivity index (χ2n) is 3.58. The molecule has 1 heteroatoms. The standard InChI is InChI=1S/C14H10N/c1-2-6-13-11(4-1)7-8-14(13)12-5-3-9-15-10-12/h1-10H. The van der Waals surface area contributed by atoms with Gasteiger partial charge in [-0.25, -0.2) is 0 Å². The number of aromatic nitrogens is 1. The summed E-state index contributed by atoms with van der Waals surface area (Å²) in [6.07, 6.45) is 8.01. The van der Waals surface area contributed by atoms with Crippen molar-refractivity contribution in [3.63, 3.8) is 0 Å². The van der Waals surface area contributed by atoms with Gasteiger partial charge in [-0.05, 0) is 22.8 Å². The third kappa shape index (κ3) is 1.37. The van der Waals surface area contributed by atoms with Crippen LogP contribution in [0.1, 0.15) is 16.7 Å². The van der Waals surface area contributed by atoms with Crippen LogP contribution < -0.4 is 0 Å². The van der Waals surface area contributed by atoms with E-state index in [4.69, 9.17) is 0 Å². The summed E-state index contributed by atoms with van der Waals surface area (Å²) >= 11 is 0. The summed E-state index contributed by atoms with van der Waals surface area (Å²) in [5, 5.41) is 0. The number of pyridine rings is 1. The van der Waals surface area contributed by atoms with Crippen LogP contribution in [-0.4, -0.2) is 4.98 Å². The molecule has 1 heterocycles. The number of hydrogen-bond acceptors (Lipinski definition) is 1. The van der Waals surface area contributed by atoms with Gasteiger partial charge in [0.25, 0.3) is 0 Å². The molecule has 0 spiro atoms. The first-order valence-corrected chi connectivity index (χ1v) is 5.00. The minimum Gasteiger partial charge on any atom is -0.264 e. The maximum Gasteiger partial charge on any atom is 0.0346 e. The van der Waals surface area contributed by atoms with E-state index in [0.29, 0.717) is 0 Å². The lowest BCUT2D eigenvalue weighted by Gasteiger charge is -2.04. The molecule has 1 aromatic carbocycles. The Hall–Kier alpha value is -1.89. The van der Waals surface area contributed by atoms with Gasteiger partial charge in [0.15, 0.2) is 0 Å². The van der Waals surface area contributed by atoms with E-state index in [1.165, 1.54) is 22.3 Å². The van der Waals surface area contributed by atoms with Gasteiger partial charge in [-0.3, -0.25) is 4.98 Å². The lowest BCUT2D eigenvalue weighted by molar-refractivity contribution is 1.31. The molecule has 1 radical (unpaired) electrons. The molecule has 71 valence electrons. The van der Waals surface area contributed by atoms with E-state index in [2.05, 4.69) is 47.8 Å². The molecule has 1 aliphatic carbocycles. The Balaban J connectivity index is 2.11. The minimum atomic E-state index is 1.18. The average Bonchev–Trinajstić information content (AvgIpc) is 2.74. The van der Waals surface area contributed by atoms with Crippen molar-refractivity contribution >= 4 is 5.57 Å². The largest absolute Gasteiger partial charge is 0.264 e. The normalized spacial score (nSPS) is 13.5. The van der Waals surface area contributed by atoms with Crippen LogP contribution in [0.15, 0.2) is 54.9 Å². The number of rotatable bonds is 1. The second-order valence-corrected chi connectivity index (χ2v) is 3.58. The van der Waals surface area contributed by atoms with Crippen LogP contribution in [0.2, 0.25) is 0 Å². The molecule has 1 nitrogen and oxygen atoms in total. The first-order chi connectivity index (χ1) is 7.45. The Kier molecular flexibility index (Phi) is 1.88. The Morgan fingerprint density at radius 3 is 2.73 bits per heavy atom. The van der Waals surface area contributed by atoms with Crippen molar-refractivity contribution in [3.05, 3.63) is 78.0 Å². The van der Waals surface area contributed by atoms with Crippen molar-refractivity contribution in [2.75, 3.05) is 0 Å². The van der Waals surface area contributed by atoms with Gasteiger partial charge in [0.2, 0.25) is 0 Å². The van der Waals surface area contributed by atoms with E-state index >= 15 is 0 Å². The average molecular weight is 192 g/mol. The molecule has 0 unspecified atom stereocenters. The van der Waals surface area contributed by atoms with Crippen molar-refractivity contribution < 1.29 is 0 Å². The predicted molar refractivity (Wildman–Crippen MR) is 61.2 cm³/mol.